The van der Waals surface area contributed by atoms with E-state index in [-0.39, 0.29) is 30.2 Å². The Morgan fingerprint density at radius 3 is 2.03 bits per heavy atom. The third kappa shape index (κ3) is 5.79. The Balaban J connectivity index is 0.00000153. The number of hydrogen-bond acceptors (Lipinski definition) is 3. The average Bonchev–Trinajstić information content (AvgIpc) is 2.85. The zero-order valence-electron chi connectivity index (χ0n) is 19.1. The van der Waals surface area contributed by atoms with Gasteiger partial charge >= 0.3 is 0 Å². The van der Waals surface area contributed by atoms with Gasteiger partial charge in [0.1, 0.15) is 0 Å². The summed E-state index contributed by atoms with van der Waals surface area (Å²) in [5, 5.41) is 0. The van der Waals surface area contributed by atoms with E-state index in [4.69, 9.17) is 4.74 Å². The van der Waals surface area contributed by atoms with Crippen molar-refractivity contribution in [3.8, 4) is 0 Å². The van der Waals surface area contributed by atoms with Crippen molar-refractivity contribution in [2.45, 2.75) is 25.0 Å². The molecule has 3 aromatic carbocycles. The predicted octanol–water partition coefficient (Wildman–Crippen LogP) is 5.55. The van der Waals surface area contributed by atoms with E-state index in [1.54, 1.807) is 0 Å². The molecule has 5 rings (SSSR count). The summed E-state index contributed by atoms with van der Waals surface area (Å²) in [5.41, 5.74) is 5.53. The molecule has 0 spiro atoms. The summed E-state index contributed by atoms with van der Waals surface area (Å²) in [5.74, 6) is 0. The van der Waals surface area contributed by atoms with Crippen molar-refractivity contribution in [3.63, 3.8) is 0 Å². The van der Waals surface area contributed by atoms with Gasteiger partial charge in [0.15, 0.2) is 0 Å². The molecule has 33 heavy (non-hydrogen) atoms. The highest BCUT2D eigenvalue weighted by Crippen LogP contribution is 2.41. The molecule has 1 fully saturated rings. The monoisotopic (exact) mass is 484 g/mol. The zero-order valence-corrected chi connectivity index (χ0v) is 20.7. The molecule has 0 N–H and O–H groups in total. The largest absolute Gasteiger partial charge is 0.375 e. The van der Waals surface area contributed by atoms with Crippen molar-refractivity contribution < 1.29 is 4.74 Å². The molecule has 1 atom stereocenters. The smallest absolute Gasteiger partial charge is 0.0720 e. The van der Waals surface area contributed by atoms with E-state index in [1.165, 1.54) is 22.3 Å². The van der Waals surface area contributed by atoms with Crippen LogP contribution in [0.1, 0.15) is 28.7 Å². The minimum absolute atomic E-state index is 0. The Hall–Kier alpha value is -1.88. The van der Waals surface area contributed by atoms with E-state index >= 15 is 0 Å². The van der Waals surface area contributed by atoms with Crippen molar-refractivity contribution in [2.75, 3.05) is 39.3 Å². The predicted molar refractivity (Wildman–Crippen MR) is 141 cm³/mol. The van der Waals surface area contributed by atoms with Crippen LogP contribution in [0.3, 0.4) is 0 Å². The van der Waals surface area contributed by atoms with Crippen LogP contribution in [0.15, 0.2) is 84.9 Å². The Kier molecular flexibility index (Phi) is 9.37. The van der Waals surface area contributed by atoms with Gasteiger partial charge in [-0.3, -0.25) is 4.90 Å². The maximum atomic E-state index is 6.16. The summed E-state index contributed by atoms with van der Waals surface area (Å²) in [6.07, 6.45) is 1.09. The molecule has 2 aliphatic rings. The van der Waals surface area contributed by atoms with E-state index in [2.05, 4.69) is 94.7 Å². The summed E-state index contributed by atoms with van der Waals surface area (Å²) in [6, 6.07) is 30.7. The molecule has 3 nitrogen and oxygen atoms in total. The van der Waals surface area contributed by atoms with Crippen molar-refractivity contribution in [1.82, 2.24) is 9.80 Å². The van der Waals surface area contributed by atoms with E-state index in [0.717, 1.165) is 58.9 Å². The van der Waals surface area contributed by atoms with Crippen LogP contribution in [0.25, 0.3) is 0 Å². The molecule has 5 heteroatoms. The summed E-state index contributed by atoms with van der Waals surface area (Å²) < 4.78 is 6.16. The molecule has 0 bridgehead atoms. The van der Waals surface area contributed by atoms with Gasteiger partial charge in [-0.1, -0.05) is 84.9 Å². The second-order valence-corrected chi connectivity index (χ2v) is 8.95. The molecule has 2 aliphatic heterocycles. The summed E-state index contributed by atoms with van der Waals surface area (Å²) in [6.45, 7) is 8.21. The Bertz CT molecular complexity index is 977. The molecule has 0 aliphatic carbocycles. The van der Waals surface area contributed by atoms with Crippen molar-refractivity contribution >= 4 is 24.8 Å². The van der Waals surface area contributed by atoms with Crippen molar-refractivity contribution in [3.05, 3.63) is 107 Å². The van der Waals surface area contributed by atoms with Gasteiger partial charge in [0.05, 0.1) is 13.2 Å². The third-order valence-electron chi connectivity index (χ3n) is 7.03. The first-order valence-corrected chi connectivity index (χ1v) is 11.5. The molecule has 176 valence electrons. The van der Waals surface area contributed by atoms with E-state index < -0.39 is 0 Å². The highest BCUT2D eigenvalue weighted by atomic mass is 35.5. The lowest BCUT2D eigenvalue weighted by molar-refractivity contribution is 0.0528. The van der Waals surface area contributed by atoms with Crippen LogP contribution in [0, 0.1) is 0 Å². The SMILES string of the molecule is Cl.Cl.c1ccc(CN2CCN(CCC3(c4ccccc4)COCc4ccccc43)CC2)cc1. The first-order valence-electron chi connectivity index (χ1n) is 11.5. The minimum Gasteiger partial charge on any atom is -0.375 e. The van der Waals surface area contributed by atoms with E-state index in [1.807, 2.05) is 0 Å². The van der Waals surface area contributed by atoms with Crippen LogP contribution < -0.4 is 0 Å². The minimum atomic E-state index is -0.0583. The fraction of sp³-hybridized carbons (Fsp3) is 0.357. The van der Waals surface area contributed by atoms with Crippen molar-refractivity contribution in [2.24, 2.45) is 0 Å². The van der Waals surface area contributed by atoms with Gasteiger partial charge in [0, 0.05) is 38.1 Å². The number of piperazine rings is 1. The number of halogens is 2. The number of fused-ring (bicyclic) bond motifs is 1. The molecule has 0 aromatic heterocycles. The molecular formula is C28H34Cl2N2O. The van der Waals surface area contributed by atoms with Gasteiger partial charge in [0.25, 0.3) is 0 Å². The molecule has 0 amide bonds. The quantitative estimate of drug-likeness (QED) is 0.455. The second-order valence-electron chi connectivity index (χ2n) is 8.95. The summed E-state index contributed by atoms with van der Waals surface area (Å²) in [7, 11) is 0. The van der Waals surface area contributed by atoms with Gasteiger partial charge in [-0.2, -0.15) is 0 Å². The van der Waals surface area contributed by atoms with Gasteiger partial charge in [0.2, 0.25) is 0 Å². The lowest BCUT2D eigenvalue weighted by Crippen LogP contribution is -2.48. The summed E-state index contributed by atoms with van der Waals surface area (Å²) in [4.78, 5) is 5.22. The molecule has 3 aromatic rings. The number of rotatable bonds is 6. The van der Waals surface area contributed by atoms with Gasteiger partial charge in [-0.25, -0.2) is 0 Å². The van der Waals surface area contributed by atoms with Crippen LogP contribution in [0.5, 0.6) is 0 Å². The highest BCUT2D eigenvalue weighted by molar-refractivity contribution is 5.85. The third-order valence-corrected chi connectivity index (χ3v) is 7.03. The summed E-state index contributed by atoms with van der Waals surface area (Å²) >= 11 is 0. The fourth-order valence-electron chi connectivity index (χ4n) is 5.23. The van der Waals surface area contributed by atoms with E-state index in [0.29, 0.717) is 0 Å². The standard InChI is InChI=1S/C28H32N2O.2ClH/c1-3-9-24(10-4-1)21-30-19-17-29(18-20-30)16-15-28(26-12-5-2-6-13-26)23-31-22-25-11-7-8-14-27(25)28;;/h1-14H,15-23H2;2*1H. The Labute approximate surface area is 210 Å². The maximum Gasteiger partial charge on any atom is 0.0720 e. The lowest BCUT2D eigenvalue weighted by Gasteiger charge is -2.42. The van der Waals surface area contributed by atoms with Crippen molar-refractivity contribution in [1.29, 1.82) is 0 Å². The molecule has 0 radical (unpaired) electrons. The number of ether oxygens (including phenoxy) is 1. The van der Waals surface area contributed by atoms with Gasteiger partial charge in [-0.15, -0.1) is 24.8 Å². The molecule has 0 saturated carbocycles. The molecular weight excluding hydrogens is 451 g/mol. The van der Waals surface area contributed by atoms with Gasteiger partial charge < -0.3 is 9.64 Å². The number of benzene rings is 3. The van der Waals surface area contributed by atoms with Crippen LogP contribution in [0.4, 0.5) is 0 Å². The average molecular weight is 485 g/mol. The van der Waals surface area contributed by atoms with Crippen LogP contribution in [-0.2, 0) is 23.3 Å². The van der Waals surface area contributed by atoms with Crippen LogP contribution >= 0.6 is 24.8 Å². The maximum absolute atomic E-state index is 6.16. The topological polar surface area (TPSA) is 15.7 Å². The lowest BCUT2D eigenvalue weighted by atomic mass is 9.70. The zero-order chi connectivity index (χ0) is 20.9. The number of nitrogens with zero attached hydrogens (tertiary/aromatic N) is 2. The second kappa shape index (κ2) is 12.0. The normalized spacial score (nSPS) is 20.8. The van der Waals surface area contributed by atoms with Crippen LogP contribution in [-0.4, -0.2) is 49.1 Å². The van der Waals surface area contributed by atoms with E-state index in [9.17, 15) is 0 Å². The number of hydrogen-bond donors (Lipinski definition) is 0. The fourth-order valence-corrected chi connectivity index (χ4v) is 5.23. The van der Waals surface area contributed by atoms with Gasteiger partial charge in [-0.05, 0) is 35.2 Å². The first kappa shape index (κ1) is 25.7. The Morgan fingerprint density at radius 2 is 1.30 bits per heavy atom. The first-order chi connectivity index (χ1) is 15.3. The molecule has 2 heterocycles. The molecule has 1 saturated heterocycles. The highest BCUT2D eigenvalue weighted by Gasteiger charge is 2.39. The Morgan fingerprint density at radius 1 is 0.697 bits per heavy atom. The van der Waals surface area contributed by atoms with Crippen LogP contribution in [0.2, 0.25) is 0 Å². The molecule has 1 unspecified atom stereocenters.